The minimum atomic E-state index is -0.459. The number of nitriles is 1. The van der Waals surface area contributed by atoms with Crippen molar-refractivity contribution < 1.29 is 9.13 Å². The van der Waals surface area contributed by atoms with Gasteiger partial charge in [0.1, 0.15) is 11.9 Å². The van der Waals surface area contributed by atoms with Gasteiger partial charge in [0.25, 0.3) is 0 Å². The lowest BCUT2D eigenvalue weighted by Gasteiger charge is -2.44. The molecule has 1 aliphatic heterocycles. The van der Waals surface area contributed by atoms with Gasteiger partial charge in [-0.2, -0.15) is 5.26 Å². The molecular weight excluding hydrogens is 267 g/mol. The third-order valence-electron chi connectivity index (χ3n) is 4.72. The first-order valence-electron chi connectivity index (χ1n) is 7.81. The molecule has 21 heavy (non-hydrogen) atoms. The minimum Gasteiger partial charge on any atom is -0.382 e. The summed E-state index contributed by atoms with van der Waals surface area (Å²) in [5.74, 6) is -0.459. The predicted molar refractivity (Wildman–Crippen MR) is 79.5 cm³/mol. The third kappa shape index (κ3) is 3.19. The predicted octanol–water partition coefficient (Wildman–Crippen LogP) is 3.99. The van der Waals surface area contributed by atoms with Crippen molar-refractivity contribution in [3.63, 3.8) is 0 Å². The Bertz CT molecular complexity index is 541. The van der Waals surface area contributed by atoms with Crippen molar-refractivity contribution >= 4 is 5.69 Å². The van der Waals surface area contributed by atoms with Crippen LogP contribution in [0.2, 0.25) is 0 Å². The van der Waals surface area contributed by atoms with Crippen molar-refractivity contribution in [1.82, 2.24) is 0 Å². The summed E-state index contributed by atoms with van der Waals surface area (Å²) in [5, 5.41) is 12.4. The number of hydrogen-bond acceptors (Lipinski definition) is 3. The maximum Gasteiger partial charge on any atom is 0.141 e. The van der Waals surface area contributed by atoms with Gasteiger partial charge in [0.15, 0.2) is 0 Å². The fourth-order valence-electron chi connectivity index (χ4n) is 3.63. The Balaban J connectivity index is 1.68. The Morgan fingerprint density at radius 3 is 2.86 bits per heavy atom. The highest BCUT2D eigenvalue weighted by Crippen LogP contribution is 2.39. The number of halogens is 1. The maximum absolute atomic E-state index is 13.4. The highest BCUT2D eigenvalue weighted by atomic mass is 19.1. The Labute approximate surface area is 125 Å². The summed E-state index contributed by atoms with van der Waals surface area (Å²) >= 11 is 0. The molecule has 1 N–H and O–H groups in total. The molecule has 2 aliphatic rings. The molecule has 0 radical (unpaired) electrons. The van der Waals surface area contributed by atoms with Crippen LogP contribution >= 0.6 is 0 Å². The van der Waals surface area contributed by atoms with Crippen LogP contribution in [-0.2, 0) is 4.74 Å². The molecule has 112 valence electrons. The molecule has 1 saturated carbocycles. The van der Waals surface area contributed by atoms with Gasteiger partial charge in [-0.1, -0.05) is 19.3 Å². The Morgan fingerprint density at radius 2 is 2.10 bits per heavy atom. The smallest absolute Gasteiger partial charge is 0.141 e. The van der Waals surface area contributed by atoms with Crippen LogP contribution in [0.15, 0.2) is 18.2 Å². The van der Waals surface area contributed by atoms with Crippen LogP contribution in [0, 0.1) is 17.1 Å². The lowest BCUT2D eigenvalue weighted by molar-refractivity contribution is -0.103. The Kier molecular flexibility index (Phi) is 4.12. The van der Waals surface area contributed by atoms with E-state index in [9.17, 15) is 4.39 Å². The molecule has 1 saturated heterocycles. The lowest BCUT2D eigenvalue weighted by Crippen LogP contribution is -2.45. The number of rotatable bonds is 2. The van der Waals surface area contributed by atoms with E-state index in [-0.39, 0.29) is 11.2 Å². The number of nitrogens with zero attached hydrogens (tertiary/aromatic N) is 1. The van der Waals surface area contributed by atoms with Crippen LogP contribution in [0.25, 0.3) is 0 Å². The van der Waals surface area contributed by atoms with E-state index in [1.54, 1.807) is 12.1 Å². The standard InChI is InChI=1S/C17H21FN2O/c18-16-5-4-14(10-13(16)12-19)20-15-6-9-21-17(11-15)7-2-1-3-8-17/h4-5,10,15,20H,1-3,6-9,11H2. The zero-order valence-electron chi connectivity index (χ0n) is 12.2. The highest BCUT2D eigenvalue weighted by molar-refractivity contribution is 5.50. The topological polar surface area (TPSA) is 45.0 Å². The molecule has 1 aliphatic carbocycles. The first kappa shape index (κ1) is 14.3. The second-order valence-electron chi connectivity index (χ2n) is 6.23. The zero-order chi connectivity index (χ0) is 14.7. The summed E-state index contributed by atoms with van der Waals surface area (Å²) in [6.07, 6.45) is 8.08. The Hall–Kier alpha value is -1.60. The molecule has 0 amide bonds. The van der Waals surface area contributed by atoms with Gasteiger partial charge < -0.3 is 10.1 Å². The van der Waals surface area contributed by atoms with E-state index in [0.29, 0.717) is 6.04 Å². The number of ether oxygens (including phenoxy) is 1. The number of hydrogen-bond donors (Lipinski definition) is 1. The monoisotopic (exact) mass is 288 g/mol. The molecule has 1 heterocycles. The van der Waals surface area contributed by atoms with Gasteiger partial charge in [-0.25, -0.2) is 4.39 Å². The van der Waals surface area contributed by atoms with Gasteiger partial charge in [-0.05, 0) is 43.9 Å². The van der Waals surface area contributed by atoms with E-state index in [1.165, 1.54) is 25.3 Å². The van der Waals surface area contributed by atoms with Crippen LogP contribution in [0.4, 0.5) is 10.1 Å². The van der Waals surface area contributed by atoms with Gasteiger partial charge in [-0.3, -0.25) is 0 Å². The van der Waals surface area contributed by atoms with E-state index in [4.69, 9.17) is 10.00 Å². The fraction of sp³-hybridized carbons (Fsp3) is 0.588. The van der Waals surface area contributed by atoms with Crippen molar-refractivity contribution in [3.8, 4) is 6.07 Å². The average molecular weight is 288 g/mol. The molecule has 3 rings (SSSR count). The third-order valence-corrected chi connectivity index (χ3v) is 4.72. The molecular formula is C17H21FN2O. The van der Waals surface area contributed by atoms with Crippen molar-refractivity contribution in [2.75, 3.05) is 11.9 Å². The second kappa shape index (κ2) is 6.03. The van der Waals surface area contributed by atoms with E-state index in [0.717, 1.165) is 38.0 Å². The summed E-state index contributed by atoms with van der Waals surface area (Å²) in [6, 6.07) is 6.89. The van der Waals surface area contributed by atoms with Gasteiger partial charge >= 0.3 is 0 Å². The summed E-state index contributed by atoms with van der Waals surface area (Å²) in [7, 11) is 0. The highest BCUT2D eigenvalue weighted by Gasteiger charge is 2.38. The maximum atomic E-state index is 13.4. The van der Waals surface area contributed by atoms with Gasteiger partial charge in [0.2, 0.25) is 0 Å². The van der Waals surface area contributed by atoms with Crippen molar-refractivity contribution in [2.45, 2.75) is 56.6 Å². The molecule has 4 heteroatoms. The van der Waals surface area contributed by atoms with E-state index in [2.05, 4.69) is 5.32 Å². The first-order valence-corrected chi connectivity index (χ1v) is 7.81. The molecule has 0 aromatic heterocycles. The molecule has 1 aromatic carbocycles. The summed E-state index contributed by atoms with van der Waals surface area (Å²) in [4.78, 5) is 0. The van der Waals surface area contributed by atoms with E-state index < -0.39 is 5.82 Å². The minimum absolute atomic E-state index is 0.0479. The van der Waals surface area contributed by atoms with Crippen LogP contribution in [0.5, 0.6) is 0 Å². The van der Waals surface area contributed by atoms with Gasteiger partial charge in [0.05, 0.1) is 11.2 Å². The van der Waals surface area contributed by atoms with Gasteiger partial charge in [-0.15, -0.1) is 0 Å². The van der Waals surface area contributed by atoms with Crippen LogP contribution in [-0.4, -0.2) is 18.2 Å². The number of anilines is 1. The number of nitrogens with one attached hydrogen (secondary N) is 1. The Morgan fingerprint density at radius 1 is 1.29 bits per heavy atom. The quantitative estimate of drug-likeness (QED) is 0.895. The molecule has 1 unspecified atom stereocenters. The van der Waals surface area contributed by atoms with Crippen molar-refractivity contribution in [2.24, 2.45) is 0 Å². The largest absolute Gasteiger partial charge is 0.382 e. The first-order chi connectivity index (χ1) is 10.2. The molecule has 2 fully saturated rings. The molecule has 0 bridgehead atoms. The van der Waals surface area contributed by atoms with E-state index >= 15 is 0 Å². The van der Waals surface area contributed by atoms with Crippen LogP contribution in [0.3, 0.4) is 0 Å². The lowest BCUT2D eigenvalue weighted by atomic mass is 9.78. The molecule has 1 atom stereocenters. The van der Waals surface area contributed by atoms with Crippen molar-refractivity contribution in [1.29, 1.82) is 5.26 Å². The SMILES string of the molecule is N#Cc1cc(NC2CCOC3(CCCCC3)C2)ccc1F. The average Bonchev–Trinajstić information content (AvgIpc) is 2.50. The summed E-state index contributed by atoms with van der Waals surface area (Å²) in [5.41, 5.74) is 0.969. The summed E-state index contributed by atoms with van der Waals surface area (Å²) in [6.45, 7) is 0.782. The molecule has 1 spiro atoms. The summed E-state index contributed by atoms with van der Waals surface area (Å²) < 4.78 is 19.4. The zero-order valence-corrected chi connectivity index (χ0v) is 12.2. The normalized spacial score (nSPS) is 24.5. The molecule has 3 nitrogen and oxygen atoms in total. The van der Waals surface area contributed by atoms with Gasteiger partial charge in [0, 0.05) is 18.3 Å². The second-order valence-corrected chi connectivity index (χ2v) is 6.23. The molecule has 1 aromatic rings. The van der Waals surface area contributed by atoms with Crippen molar-refractivity contribution in [3.05, 3.63) is 29.6 Å². The van der Waals surface area contributed by atoms with E-state index in [1.807, 2.05) is 6.07 Å². The van der Waals surface area contributed by atoms with Crippen LogP contribution in [0.1, 0.15) is 50.5 Å². The number of benzene rings is 1. The fourth-order valence-corrected chi connectivity index (χ4v) is 3.63. The van der Waals surface area contributed by atoms with Crippen LogP contribution < -0.4 is 5.32 Å².